The van der Waals surface area contributed by atoms with Crippen LogP contribution in [0.25, 0.3) is 0 Å². The summed E-state index contributed by atoms with van der Waals surface area (Å²) in [6, 6.07) is 1.89. The summed E-state index contributed by atoms with van der Waals surface area (Å²) >= 11 is 0. The van der Waals surface area contributed by atoms with Gasteiger partial charge in [0.1, 0.15) is 0 Å². The fourth-order valence-electron chi connectivity index (χ4n) is 1.16. The van der Waals surface area contributed by atoms with Gasteiger partial charge in [0.05, 0.1) is 0 Å². The molecule has 4 heteroatoms. The highest BCUT2D eigenvalue weighted by Crippen LogP contribution is 2.01. The van der Waals surface area contributed by atoms with Gasteiger partial charge in [-0.2, -0.15) is 5.10 Å². The minimum atomic E-state index is -0.709. The Morgan fingerprint density at radius 1 is 1.38 bits per heavy atom. The van der Waals surface area contributed by atoms with E-state index >= 15 is 0 Å². The Bertz CT molecular complexity index is 244. The van der Waals surface area contributed by atoms with Crippen LogP contribution < -0.4 is 0 Å². The second-order valence-electron chi connectivity index (χ2n) is 2.97. The van der Waals surface area contributed by atoms with Crippen molar-refractivity contribution in [3.05, 3.63) is 18.5 Å². The third kappa shape index (κ3) is 4.30. The summed E-state index contributed by atoms with van der Waals surface area (Å²) in [5.41, 5.74) is 0. The summed E-state index contributed by atoms with van der Waals surface area (Å²) in [7, 11) is 0. The van der Waals surface area contributed by atoms with Crippen molar-refractivity contribution < 1.29 is 9.90 Å². The van der Waals surface area contributed by atoms with E-state index in [1.807, 2.05) is 16.9 Å². The van der Waals surface area contributed by atoms with Gasteiger partial charge in [-0.05, 0) is 18.9 Å². The molecule has 0 radical (unpaired) electrons. The Hall–Kier alpha value is -1.32. The number of nitrogens with zero attached hydrogens (tertiary/aromatic N) is 2. The van der Waals surface area contributed by atoms with Crippen LogP contribution in [-0.2, 0) is 11.3 Å². The van der Waals surface area contributed by atoms with Gasteiger partial charge in [-0.25, -0.2) is 0 Å². The molecule has 1 aromatic heterocycles. The molecular weight excluding hydrogens is 168 g/mol. The lowest BCUT2D eigenvalue weighted by molar-refractivity contribution is -0.137. The molecule has 0 aliphatic rings. The van der Waals surface area contributed by atoms with E-state index in [-0.39, 0.29) is 6.42 Å². The zero-order valence-electron chi connectivity index (χ0n) is 7.52. The Labute approximate surface area is 77.2 Å². The van der Waals surface area contributed by atoms with Crippen molar-refractivity contribution in [3.8, 4) is 0 Å². The van der Waals surface area contributed by atoms with Crippen LogP contribution in [-0.4, -0.2) is 20.9 Å². The Morgan fingerprint density at radius 3 is 2.85 bits per heavy atom. The van der Waals surface area contributed by atoms with Crippen LogP contribution in [0, 0.1) is 0 Å². The van der Waals surface area contributed by atoms with Crippen LogP contribution in [0.3, 0.4) is 0 Å². The second kappa shape index (κ2) is 5.35. The Balaban J connectivity index is 1.99. The van der Waals surface area contributed by atoms with E-state index in [1.165, 1.54) is 0 Å². The maximum absolute atomic E-state index is 10.2. The Kier molecular flexibility index (Phi) is 4.02. The van der Waals surface area contributed by atoms with E-state index in [0.717, 1.165) is 25.8 Å². The molecule has 1 rings (SSSR count). The van der Waals surface area contributed by atoms with Crippen LogP contribution in [0.15, 0.2) is 18.5 Å². The van der Waals surface area contributed by atoms with E-state index in [1.54, 1.807) is 6.20 Å². The lowest BCUT2D eigenvalue weighted by atomic mass is 10.2. The number of hydrogen-bond acceptors (Lipinski definition) is 2. The number of hydrogen-bond donors (Lipinski definition) is 1. The topological polar surface area (TPSA) is 55.1 Å². The van der Waals surface area contributed by atoms with Gasteiger partial charge in [0.2, 0.25) is 0 Å². The second-order valence-corrected chi connectivity index (χ2v) is 2.97. The van der Waals surface area contributed by atoms with Gasteiger partial charge in [-0.1, -0.05) is 6.42 Å². The van der Waals surface area contributed by atoms with Crippen LogP contribution in [0.2, 0.25) is 0 Å². The van der Waals surface area contributed by atoms with Gasteiger partial charge in [-0.3, -0.25) is 9.48 Å². The number of aryl methyl sites for hydroxylation is 1. The fourth-order valence-corrected chi connectivity index (χ4v) is 1.16. The molecule has 0 unspecified atom stereocenters. The first-order chi connectivity index (χ1) is 6.29. The lowest BCUT2D eigenvalue weighted by Gasteiger charge is -1.99. The van der Waals surface area contributed by atoms with Crippen LogP contribution in [0.5, 0.6) is 0 Å². The summed E-state index contributed by atoms with van der Waals surface area (Å²) in [6.07, 6.45) is 6.64. The van der Waals surface area contributed by atoms with Crippen LogP contribution >= 0.6 is 0 Å². The van der Waals surface area contributed by atoms with Crippen molar-refractivity contribution in [3.63, 3.8) is 0 Å². The zero-order chi connectivity index (χ0) is 9.52. The first-order valence-corrected chi connectivity index (χ1v) is 4.48. The predicted octanol–water partition coefficient (Wildman–Crippen LogP) is 1.53. The van der Waals surface area contributed by atoms with E-state index in [2.05, 4.69) is 5.10 Å². The molecular formula is C9H14N2O2. The molecule has 1 aromatic rings. The van der Waals surface area contributed by atoms with Gasteiger partial charge in [0.25, 0.3) is 0 Å². The maximum Gasteiger partial charge on any atom is 0.303 e. The summed E-state index contributed by atoms with van der Waals surface area (Å²) in [4.78, 5) is 10.2. The average molecular weight is 182 g/mol. The summed E-state index contributed by atoms with van der Waals surface area (Å²) in [6.45, 7) is 0.882. The van der Waals surface area contributed by atoms with Crippen molar-refractivity contribution in [1.82, 2.24) is 9.78 Å². The highest BCUT2D eigenvalue weighted by molar-refractivity contribution is 5.66. The lowest BCUT2D eigenvalue weighted by Crippen LogP contribution is -1.99. The highest BCUT2D eigenvalue weighted by Gasteiger charge is 1.96. The summed E-state index contributed by atoms with van der Waals surface area (Å²) in [5.74, 6) is -0.709. The first kappa shape index (κ1) is 9.77. The summed E-state index contributed by atoms with van der Waals surface area (Å²) in [5, 5.41) is 12.4. The molecule has 1 N–H and O–H groups in total. The number of carboxylic acids is 1. The molecule has 4 nitrogen and oxygen atoms in total. The van der Waals surface area contributed by atoms with E-state index < -0.39 is 5.97 Å². The number of carbonyl (C=O) groups is 1. The number of aromatic nitrogens is 2. The average Bonchev–Trinajstić information content (AvgIpc) is 2.55. The van der Waals surface area contributed by atoms with Crippen molar-refractivity contribution in [1.29, 1.82) is 0 Å². The minimum absolute atomic E-state index is 0.277. The maximum atomic E-state index is 10.2. The van der Waals surface area contributed by atoms with Gasteiger partial charge in [0.15, 0.2) is 0 Å². The van der Waals surface area contributed by atoms with Gasteiger partial charge in [0, 0.05) is 25.4 Å². The molecule has 0 amide bonds. The smallest absolute Gasteiger partial charge is 0.303 e. The molecule has 0 aliphatic carbocycles. The molecule has 0 aromatic carbocycles. The number of aliphatic carboxylic acids is 1. The fraction of sp³-hybridized carbons (Fsp3) is 0.556. The van der Waals surface area contributed by atoms with E-state index in [0.29, 0.717) is 0 Å². The van der Waals surface area contributed by atoms with Crippen LogP contribution in [0.4, 0.5) is 0 Å². The third-order valence-corrected chi connectivity index (χ3v) is 1.84. The van der Waals surface area contributed by atoms with Gasteiger partial charge in [-0.15, -0.1) is 0 Å². The molecule has 0 saturated carbocycles. The molecule has 0 atom stereocenters. The largest absolute Gasteiger partial charge is 0.481 e. The molecule has 0 saturated heterocycles. The number of rotatable bonds is 6. The zero-order valence-corrected chi connectivity index (χ0v) is 7.52. The molecule has 0 aliphatic heterocycles. The molecule has 0 fully saturated rings. The van der Waals surface area contributed by atoms with Crippen molar-refractivity contribution in [2.24, 2.45) is 0 Å². The quantitative estimate of drug-likeness (QED) is 0.679. The normalized spacial score (nSPS) is 10.2. The highest BCUT2D eigenvalue weighted by atomic mass is 16.4. The minimum Gasteiger partial charge on any atom is -0.481 e. The SMILES string of the molecule is O=C(O)CCCCCn1cccn1. The molecule has 72 valence electrons. The van der Waals surface area contributed by atoms with E-state index in [9.17, 15) is 4.79 Å². The molecule has 1 heterocycles. The summed E-state index contributed by atoms with van der Waals surface area (Å²) < 4.78 is 1.86. The van der Waals surface area contributed by atoms with Gasteiger partial charge < -0.3 is 5.11 Å². The Morgan fingerprint density at radius 2 is 2.23 bits per heavy atom. The van der Waals surface area contributed by atoms with Crippen LogP contribution in [0.1, 0.15) is 25.7 Å². The number of carboxylic acid groups (broad SMARTS) is 1. The van der Waals surface area contributed by atoms with Crippen molar-refractivity contribution >= 4 is 5.97 Å². The molecule has 0 bridgehead atoms. The van der Waals surface area contributed by atoms with Gasteiger partial charge >= 0.3 is 5.97 Å². The standard InChI is InChI=1S/C9H14N2O2/c12-9(13)5-2-1-3-7-11-8-4-6-10-11/h4,6,8H,1-3,5,7H2,(H,12,13). The van der Waals surface area contributed by atoms with E-state index in [4.69, 9.17) is 5.11 Å². The monoisotopic (exact) mass is 182 g/mol. The predicted molar refractivity (Wildman–Crippen MR) is 48.3 cm³/mol. The first-order valence-electron chi connectivity index (χ1n) is 4.48. The van der Waals surface area contributed by atoms with Crippen molar-refractivity contribution in [2.75, 3.05) is 0 Å². The molecule has 0 spiro atoms. The third-order valence-electron chi connectivity index (χ3n) is 1.84. The molecule has 13 heavy (non-hydrogen) atoms. The van der Waals surface area contributed by atoms with Crippen molar-refractivity contribution in [2.45, 2.75) is 32.2 Å². The number of unbranched alkanes of at least 4 members (excludes halogenated alkanes) is 2.